The van der Waals surface area contributed by atoms with E-state index in [1.54, 1.807) is 13.2 Å². The highest BCUT2D eigenvalue weighted by Gasteiger charge is 2.07. The van der Waals surface area contributed by atoms with Gasteiger partial charge in [-0.25, -0.2) is 4.98 Å². The van der Waals surface area contributed by atoms with Crippen LogP contribution >= 0.6 is 11.3 Å². The maximum Gasteiger partial charge on any atom is 0.250 e. The number of nitrogens with one attached hydrogen (secondary N) is 1. The standard InChI is InChI=1S/C21H22N2O3S/c1-4-11-26-17-9-6-15(13-18(17)25-3)7-10-20(24)23-21-22-16-8-5-14(2)12-19(16)27-21/h5-10,12-13H,4,11H2,1-3H3,(H,22,23,24)/b10-7+. The van der Waals surface area contributed by atoms with Gasteiger partial charge in [0.15, 0.2) is 16.6 Å². The first kappa shape index (κ1) is 18.9. The molecule has 2 aromatic carbocycles. The Morgan fingerprint density at radius 1 is 1.22 bits per heavy atom. The number of benzene rings is 2. The molecular formula is C21H22N2O3S. The molecule has 1 N–H and O–H groups in total. The zero-order valence-electron chi connectivity index (χ0n) is 15.6. The van der Waals surface area contributed by atoms with Crippen LogP contribution in [0.15, 0.2) is 42.5 Å². The average Bonchev–Trinajstić information content (AvgIpc) is 3.06. The van der Waals surface area contributed by atoms with E-state index in [0.29, 0.717) is 23.2 Å². The molecule has 0 radical (unpaired) electrons. The number of fused-ring (bicyclic) bond motifs is 1. The first-order chi connectivity index (χ1) is 13.1. The number of hydrogen-bond donors (Lipinski definition) is 1. The molecule has 0 atom stereocenters. The second kappa shape index (κ2) is 8.68. The normalized spacial score (nSPS) is 11.1. The van der Waals surface area contributed by atoms with Crippen LogP contribution in [0.2, 0.25) is 0 Å². The Balaban J connectivity index is 1.68. The van der Waals surface area contributed by atoms with E-state index in [-0.39, 0.29) is 5.91 Å². The van der Waals surface area contributed by atoms with Crippen LogP contribution in [0.5, 0.6) is 11.5 Å². The molecule has 27 heavy (non-hydrogen) atoms. The quantitative estimate of drug-likeness (QED) is 0.581. The predicted octanol–water partition coefficient (Wildman–Crippen LogP) is 5.05. The topological polar surface area (TPSA) is 60.5 Å². The summed E-state index contributed by atoms with van der Waals surface area (Å²) in [5.74, 6) is 1.12. The van der Waals surface area contributed by atoms with Crippen LogP contribution in [0.25, 0.3) is 16.3 Å². The summed E-state index contributed by atoms with van der Waals surface area (Å²) in [5.41, 5.74) is 2.91. The number of methoxy groups -OCH3 is 1. The summed E-state index contributed by atoms with van der Waals surface area (Å²) in [5, 5.41) is 3.40. The minimum atomic E-state index is -0.226. The average molecular weight is 382 g/mol. The Bertz CT molecular complexity index is 979. The molecule has 0 saturated carbocycles. The number of carbonyl (C=O) groups is 1. The Morgan fingerprint density at radius 2 is 2.07 bits per heavy atom. The fourth-order valence-corrected chi connectivity index (χ4v) is 3.49. The predicted molar refractivity (Wildman–Crippen MR) is 111 cm³/mol. The van der Waals surface area contributed by atoms with Crippen LogP contribution in [-0.4, -0.2) is 24.6 Å². The molecule has 0 aliphatic carbocycles. The lowest BCUT2D eigenvalue weighted by atomic mass is 10.2. The highest BCUT2D eigenvalue weighted by molar-refractivity contribution is 7.22. The van der Waals surface area contributed by atoms with Gasteiger partial charge in [0.25, 0.3) is 0 Å². The van der Waals surface area contributed by atoms with E-state index in [1.165, 1.54) is 23.0 Å². The number of nitrogens with zero attached hydrogens (tertiary/aromatic N) is 1. The first-order valence-electron chi connectivity index (χ1n) is 8.76. The van der Waals surface area contributed by atoms with Gasteiger partial charge in [-0.2, -0.15) is 0 Å². The smallest absolute Gasteiger partial charge is 0.250 e. The van der Waals surface area contributed by atoms with Crippen LogP contribution in [0.4, 0.5) is 5.13 Å². The summed E-state index contributed by atoms with van der Waals surface area (Å²) < 4.78 is 12.1. The van der Waals surface area contributed by atoms with Crippen LogP contribution in [0.3, 0.4) is 0 Å². The number of carbonyl (C=O) groups excluding carboxylic acids is 1. The lowest BCUT2D eigenvalue weighted by Gasteiger charge is -2.10. The van der Waals surface area contributed by atoms with Gasteiger partial charge in [-0.1, -0.05) is 30.4 Å². The zero-order chi connectivity index (χ0) is 19.2. The van der Waals surface area contributed by atoms with Gasteiger partial charge < -0.3 is 9.47 Å². The van der Waals surface area contributed by atoms with Gasteiger partial charge >= 0.3 is 0 Å². The third kappa shape index (κ3) is 4.86. The monoisotopic (exact) mass is 382 g/mol. The van der Waals surface area contributed by atoms with E-state index >= 15 is 0 Å². The number of aromatic nitrogens is 1. The molecule has 0 aliphatic heterocycles. The van der Waals surface area contributed by atoms with Crippen molar-refractivity contribution in [2.45, 2.75) is 20.3 Å². The number of ether oxygens (including phenoxy) is 2. The van der Waals surface area contributed by atoms with Gasteiger partial charge in [0.1, 0.15) is 0 Å². The Hall–Kier alpha value is -2.86. The molecular weight excluding hydrogens is 360 g/mol. The molecule has 140 valence electrons. The highest BCUT2D eigenvalue weighted by atomic mass is 32.1. The van der Waals surface area contributed by atoms with Gasteiger partial charge in [-0.3, -0.25) is 10.1 Å². The minimum absolute atomic E-state index is 0.226. The zero-order valence-corrected chi connectivity index (χ0v) is 16.4. The highest BCUT2D eigenvalue weighted by Crippen LogP contribution is 2.29. The molecule has 0 unspecified atom stereocenters. The van der Waals surface area contributed by atoms with E-state index < -0.39 is 0 Å². The molecule has 1 aromatic heterocycles. The molecule has 5 nitrogen and oxygen atoms in total. The van der Waals surface area contributed by atoms with Crippen LogP contribution in [-0.2, 0) is 4.79 Å². The number of rotatable bonds is 7. The van der Waals surface area contributed by atoms with Crippen LogP contribution in [0.1, 0.15) is 24.5 Å². The van der Waals surface area contributed by atoms with E-state index in [0.717, 1.165) is 22.2 Å². The molecule has 0 spiro atoms. The second-order valence-electron chi connectivity index (χ2n) is 6.07. The number of aryl methyl sites for hydroxylation is 1. The summed E-state index contributed by atoms with van der Waals surface area (Å²) in [7, 11) is 1.60. The van der Waals surface area contributed by atoms with Crippen molar-refractivity contribution in [2.75, 3.05) is 19.0 Å². The number of hydrogen-bond acceptors (Lipinski definition) is 5. The van der Waals surface area contributed by atoms with Crippen molar-refractivity contribution < 1.29 is 14.3 Å². The lowest BCUT2D eigenvalue weighted by molar-refractivity contribution is -0.111. The maximum atomic E-state index is 12.2. The van der Waals surface area contributed by atoms with Crippen molar-refractivity contribution in [3.63, 3.8) is 0 Å². The summed E-state index contributed by atoms with van der Waals surface area (Å²) in [6.45, 7) is 4.72. The SMILES string of the molecule is CCCOc1ccc(/C=C/C(=O)Nc2nc3ccc(C)cc3s2)cc1OC. The third-order valence-electron chi connectivity index (χ3n) is 3.85. The molecule has 3 aromatic rings. The number of thiazole rings is 1. The summed E-state index contributed by atoms with van der Waals surface area (Å²) in [4.78, 5) is 16.6. The van der Waals surface area contributed by atoms with Gasteiger partial charge in [0, 0.05) is 6.08 Å². The van der Waals surface area contributed by atoms with Crippen LogP contribution < -0.4 is 14.8 Å². The molecule has 0 fully saturated rings. The summed E-state index contributed by atoms with van der Waals surface area (Å²) in [6, 6.07) is 11.6. The first-order valence-corrected chi connectivity index (χ1v) is 9.58. The molecule has 0 saturated heterocycles. The molecule has 0 aliphatic rings. The number of amides is 1. The summed E-state index contributed by atoms with van der Waals surface area (Å²) >= 11 is 1.46. The van der Waals surface area contributed by atoms with Crippen molar-refractivity contribution in [2.24, 2.45) is 0 Å². The van der Waals surface area contributed by atoms with E-state index in [9.17, 15) is 4.79 Å². The molecule has 1 amide bonds. The van der Waals surface area contributed by atoms with Gasteiger partial charge in [-0.15, -0.1) is 0 Å². The Morgan fingerprint density at radius 3 is 2.85 bits per heavy atom. The maximum absolute atomic E-state index is 12.2. The van der Waals surface area contributed by atoms with E-state index in [1.807, 2.05) is 37.3 Å². The fourth-order valence-electron chi connectivity index (χ4n) is 2.52. The van der Waals surface area contributed by atoms with E-state index in [4.69, 9.17) is 9.47 Å². The van der Waals surface area contributed by atoms with Crippen molar-refractivity contribution in [3.05, 3.63) is 53.6 Å². The summed E-state index contributed by atoms with van der Waals surface area (Å²) in [6.07, 6.45) is 4.15. The largest absolute Gasteiger partial charge is 0.493 e. The van der Waals surface area contributed by atoms with Crippen molar-refractivity contribution in [1.82, 2.24) is 4.98 Å². The fraction of sp³-hybridized carbons (Fsp3) is 0.238. The number of anilines is 1. The third-order valence-corrected chi connectivity index (χ3v) is 4.78. The van der Waals surface area contributed by atoms with Crippen LogP contribution in [0, 0.1) is 6.92 Å². The van der Waals surface area contributed by atoms with Crippen molar-refractivity contribution in [1.29, 1.82) is 0 Å². The van der Waals surface area contributed by atoms with Gasteiger partial charge in [0.2, 0.25) is 5.91 Å². The Labute approximate surface area is 162 Å². The molecule has 3 rings (SSSR count). The van der Waals surface area contributed by atoms with Crippen molar-refractivity contribution >= 4 is 38.7 Å². The minimum Gasteiger partial charge on any atom is -0.493 e. The van der Waals surface area contributed by atoms with Crippen molar-refractivity contribution in [3.8, 4) is 11.5 Å². The Kier molecular flexibility index (Phi) is 6.08. The lowest BCUT2D eigenvalue weighted by Crippen LogP contribution is -2.07. The molecule has 0 bridgehead atoms. The molecule has 6 heteroatoms. The molecule has 1 heterocycles. The second-order valence-corrected chi connectivity index (χ2v) is 7.10. The van der Waals surface area contributed by atoms with Gasteiger partial charge in [-0.05, 0) is 54.8 Å². The van der Waals surface area contributed by atoms with Gasteiger partial charge in [0.05, 0.1) is 23.9 Å². The van der Waals surface area contributed by atoms with E-state index in [2.05, 4.69) is 23.3 Å².